The summed E-state index contributed by atoms with van der Waals surface area (Å²) >= 11 is 0. The first kappa shape index (κ1) is 41.7. The minimum atomic E-state index is -0.417. The molecule has 0 atom stereocenters. The van der Waals surface area contributed by atoms with E-state index in [0.717, 1.165) is 89.4 Å². The van der Waals surface area contributed by atoms with E-state index >= 15 is 0 Å². The number of aromatic nitrogens is 4. The first-order chi connectivity index (χ1) is 27.7. The summed E-state index contributed by atoms with van der Waals surface area (Å²) in [6.07, 6.45) is 5.57. The topological polar surface area (TPSA) is 92.6 Å². The van der Waals surface area contributed by atoms with Crippen molar-refractivity contribution in [2.24, 2.45) is 7.05 Å². The number of nitrogens with zero attached hydrogens (tertiary/aromatic N) is 3. The molecule has 0 amide bonds. The second-order valence-corrected chi connectivity index (χ2v) is 14.5. The van der Waals surface area contributed by atoms with E-state index in [4.69, 9.17) is 9.97 Å². The number of nitrogens with one attached hydrogen (secondary N) is 1. The van der Waals surface area contributed by atoms with Crippen LogP contribution in [0.4, 0.5) is 0 Å². The molecule has 2 aliphatic rings. The smallest absolute Gasteiger partial charge is 0.852 e. The largest absolute Gasteiger partial charge is 2.00 e. The van der Waals surface area contributed by atoms with Crippen LogP contribution in [-0.2, 0) is 26.5 Å². The first-order valence-electron chi connectivity index (χ1n) is 19.3. The van der Waals surface area contributed by atoms with Crippen LogP contribution < -0.4 is 10.2 Å². The third-order valence-corrected chi connectivity index (χ3v) is 9.28. The van der Waals surface area contributed by atoms with Gasteiger partial charge in [0.2, 0.25) is 0 Å². The Balaban J connectivity index is 0.000000580. The normalized spacial score (nSPS) is 11.6. The van der Waals surface area contributed by atoms with Crippen molar-refractivity contribution in [1.29, 1.82) is 0 Å². The fourth-order valence-corrected chi connectivity index (χ4v) is 7.09. The van der Waals surface area contributed by atoms with Gasteiger partial charge in [-0.2, -0.15) is 0 Å². The van der Waals surface area contributed by atoms with Crippen molar-refractivity contribution < 1.29 is 29.7 Å². The summed E-state index contributed by atoms with van der Waals surface area (Å²) in [4.78, 5) is 14.1. The van der Waals surface area contributed by atoms with Crippen LogP contribution in [0.25, 0.3) is 79.2 Å². The Hall–Kier alpha value is -5.98. The Labute approximate surface area is 353 Å². The molecule has 4 aromatic carbocycles. The first-order valence-corrected chi connectivity index (χ1v) is 19.3. The number of H-pyrrole nitrogens is 1. The van der Waals surface area contributed by atoms with Gasteiger partial charge in [0.15, 0.2) is 0 Å². The molecule has 284 valence electrons. The van der Waals surface area contributed by atoms with E-state index in [-0.39, 0.29) is 19.5 Å². The molecule has 58 heavy (non-hydrogen) atoms. The maximum atomic E-state index is 9.53. The second kappa shape index (κ2) is 19.0. The van der Waals surface area contributed by atoms with Gasteiger partial charge in [-0.15, -0.1) is 12.2 Å². The zero-order chi connectivity index (χ0) is 39.9. The van der Waals surface area contributed by atoms with Gasteiger partial charge >= 0.3 is 19.5 Å². The Morgan fingerprint density at radius 2 is 0.914 bits per heavy atom. The molecule has 0 aliphatic carbocycles. The zero-order valence-electron chi connectivity index (χ0n) is 33.7. The van der Waals surface area contributed by atoms with Crippen LogP contribution in [0.5, 0.6) is 0 Å². The third kappa shape index (κ3) is 9.58. The number of fused-ring (bicyclic) bond motifs is 8. The SMILES string of the molecule is CC(C)[O-].CC(C)[O-].Cn1c2cc3nc(cc4ccc(cc5nc(c(-c6ccccc6)c1c(-c1ccccc1)c2-c1ccccc1)C(c1ccccc1)=C5)[nH]4)C=C3.[Zn+2]. The van der Waals surface area contributed by atoms with Gasteiger partial charge < -0.3 is 19.8 Å². The van der Waals surface area contributed by atoms with E-state index in [1.54, 1.807) is 27.7 Å². The average Bonchev–Trinajstić information content (AvgIpc) is 4.01. The molecule has 2 aliphatic heterocycles. The Morgan fingerprint density at radius 1 is 0.500 bits per heavy atom. The number of hydrogen-bond acceptors (Lipinski definition) is 4. The summed E-state index contributed by atoms with van der Waals surface area (Å²) in [5, 5.41) is 19.1. The molecule has 1 N–H and O–H groups in total. The van der Waals surface area contributed by atoms with E-state index in [2.05, 4.69) is 186 Å². The second-order valence-electron chi connectivity index (χ2n) is 14.5. The van der Waals surface area contributed by atoms with Crippen molar-refractivity contribution in [2.75, 3.05) is 0 Å². The summed E-state index contributed by atoms with van der Waals surface area (Å²) in [5.74, 6) is 0. The fraction of sp³-hybridized carbons (Fsp3) is 0.137. The van der Waals surface area contributed by atoms with Gasteiger partial charge in [0, 0.05) is 40.3 Å². The zero-order valence-corrected chi connectivity index (χ0v) is 36.7. The van der Waals surface area contributed by atoms with Crippen molar-refractivity contribution in [3.8, 4) is 33.4 Å². The van der Waals surface area contributed by atoms with Crippen LogP contribution in [-0.4, -0.2) is 31.7 Å². The molecule has 5 heterocycles. The van der Waals surface area contributed by atoms with Crippen molar-refractivity contribution in [2.45, 2.75) is 39.9 Å². The molecule has 0 fully saturated rings. The number of aromatic amines is 1. The fourth-order valence-electron chi connectivity index (χ4n) is 7.09. The van der Waals surface area contributed by atoms with E-state index in [0.29, 0.717) is 0 Å². The molecule has 0 spiro atoms. The van der Waals surface area contributed by atoms with Gasteiger partial charge in [0.25, 0.3) is 0 Å². The van der Waals surface area contributed by atoms with Crippen LogP contribution in [0.1, 0.15) is 56.0 Å². The number of hydrogen-bond donors (Lipinski definition) is 1. The summed E-state index contributed by atoms with van der Waals surface area (Å²) < 4.78 is 2.35. The van der Waals surface area contributed by atoms with Gasteiger partial charge in [-0.05, 0) is 70.8 Å². The van der Waals surface area contributed by atoms with Gasteiger partial charge in [0.05, 0.1) is 33.8 Å². The molecule has 8 bridgehead atoms. The Bertz CT molecular complexity index is 2690. The van der Waals surface area contributed by atoms with Crippen LogP contribution in [0.15, 0.2) is 152 Å². The van der Waals surface area contributed by atoms with Gasteiger partial charge in [0.1, 0.15) is 0 Å². The van der Waals surface area contributed by atoms with E-state index in [1.807, 2.05) is 0 Å². The number of rotatable bonds is 4. The predicted molar refractivity (Wildman–Crippen MR) is 235 cm³/mol. The monoisotopic (exact) mass is 810 g/mol. The quantitative estimate of drug-likeness (QED) is 0.179. The molecular formula is C51H46N4O2Zn. The maximum absolute atomic E-state index is 9.53. The summed E-state index contributed by atoms with van der Waals surface area (Å²) in [7, 11) is 2.18. The van der Waals surface area contributed by atoms with Gasteiger partial charge in [-0.3, -0.25) is 0 Å². The number of benzene rings is 4. The van der Waals surface area contributed by atoms with Crippen LogP contribution >= 0.6 is 0 Å². The van der Waals surface area contributed by atoms with Crippen molar-refractivity contribution >= 4 is 45.9 Å². The van der Waals surface area contributed by atoms with Crippen molar-refractivity contribution in [3.63, 3.8) is 0 Å². The molecule has 9 rings (SSSR count). The third-order valence-electron chi connectivity index (χ3n) is 9.28. The molecule has 7 heteroatoms. The maximum Gasteiger partial charge on any atom is 2.00 e. The van der Waals surface area contributed by atoms with Crippen LogP contribution in [0.3, 0.4) is 0 Å². The van der Waals surface area contributed by atoms with E-state index in [1.165, 1.54) is 0 Å². The molecule has 0 saturated carbocycles. The standard InChI is InChI=1S/C45H32N4.2C3H7O.Zn/c1-49-40-29-37-25-24-35(47-37)26-34-22-23-36(46-34)27-38-28-39(30-14-6-2-7-15-30)44(48-38)43(33-20-12-5-13-21-33)45(49)42(32-18-10-4-11-19-32)41(40)31-16-8-3-9-17-31;2*1-3(2)4;/h2-29,46H,1H3;2*3H,1-2H3;/q;2*-1;+2. The molecule has 7 aromatic rings. The predicted octanol–water partition coefficient (Wildman–Crippen LogP) is 10.6. The van der Waals surface area contributed by atoms with Gasteiger partial charge in [-0.25, -0.2) is 9.97 Å². The van der Waals surface area contributed by atoms with Crippen molar-refractivity contribution in [1.82, 2.24) is 19.5 Å². The van der Waals surface area contributed by atoms with Crippen LogP contribution in [0, 0.1) is 0 Å². The molecule has 3 aromatic heterocycles. The molecule has 0 radical (unpaired) electrons. The van der Waals surface area contributed by atoms with Gasteiger partial charge in [-0.1, -0.05) is 149 Å². The summed E-state index contributed by atoms with van der Waals surface area (Å²) in [6.45, 7) is 6.44. The number of aryl methyl sites for hydroxylation is 1. The summed E-state index contributed by atoms with van der Waals surface area (Å²) in [6, 6.07) is 53.4. The Morgan fingerprint density at radius 3 is 1.41 bits per heavy atom. The molecular weight excluding hydrogens is 766 g/mol. The molecule has 0 saturated heterocycles. The van der Waals surface area contributed by atoms with E-state index < -0.39 is 12.2 Å². The molecule has 6 nitrogen and oxygen atoms in total. The Kier molecular flexibility index (Phi) is 13.6. The van der Waals surface area contributed by atoms with Crippen LogP contribution in [0.2, 0.25) is 0 Å². The molecule has 0 unspecified atom stereocenters. The minimum Gasteiger partial charge on any atom is -0.852 e. The minimum absolute atomic E-state index is 0. The van der Waals surface area contributed by atoms with Crippen molar-refractivity contribution in [3.05, 3.63) is 180 Å². The van der Waals surface area contributed by atoms with E-state index in [9.17, 15) is 10.2 Å². The summed E-state index contributed by atoms with van der Waals surface area (Å²) in [5.41, 5.74) is 16.8. The average molecular weight is 812 g/mol.